The Balaban J connectivity index is 3.29. The second-order valence-electron chi connectivity index (χ2n) is 2.06. The topological polar surface area (TPSA) is 38.3 Å². The van der Waals surface area contributed by atoms with Gasteiger partial charge >= 0.3 is 0 Å². The smallest absolute Gasteiger partial charge is 0.158 e. The molecule has 0 aliphatic carbocycles. The average Bonchev–Trinajstić information content (AvgIpc) is 1.87. The number of nitrogens with one attached hydrogen (secondary N) is 1. The Morgan fingerprint density at radius 1 is 1.60 bits per heavy atom. The molecule has 0 atom stereocenters. The van der Waals surface area contributed by atoms with Gasteiger partial charge in [0.1, 0.15) is 6.61 Å². The molecule has 0 rings (SSSR count). The minimum absolute atomic E-state index is 0.0106. The Morgan fingerprint density at radius 3 is 2.60 bits per heavy atom. The molecule has 0 radical (unpaired) electrons. The number of carbonyl (C=O) groups is 1. The van der Waals surface area contributed by atoms with E-state index in [2.05, 4.69) is 5.48 Å². The highest BCUT2D eigenvalue weighted by Gasteiger charge is 1.91. The zero-order chi connectivity index (χ0) is 7.98. The monoisotopic (exact) mass is 143 g/mol. The second-order valence-corrected chi connectivity index (χ2v) is 2.06. The Labute approximate surface area is 61.0 Å². The summed E-state index contributed by atoms with van der Waals surface area (Å²) in [6.07, 6.45) is 1.86. The third kappa shape index (κ3) is 5.31. The second kappa shape index (κ2) is 4.99. The van der Waals surface area contributed by atoms with Crippen molar-refractivity contribution in [1.82, 2.24) is 5.48 Å². The van der Waals surface area contributed by atoms with Crippen molar-refractivity contribution in [3.63, 3.8) is 0 Å². The van der Waals surface area contributed by atoms with Crippen LogP contribution in [0.25, 0.3) is 0 Å². The Morgan fingerprint density at radius 2 is 2.20 bits per heavy atom. The third-order valence-electron chi connectivity index (χ3n) is 0.942. The molecule has 0 aromatic rings. The van der Waals surface area contributed by atoms with E-state index in [1.807, 2.05) is 19.9 Å². The van der Waals surface area contributed by atoms with Gasteiger partial charge in [0.2, 0.25) is 0 Å². The molecule has 58 valence electrons. The maximum atomic E-state index is 10.3. The number of ketones is 1. The van der Waals surface area contributed by atoms with Crippen LogP contribution in [0.2, 0.25) is 0 Å². The van der Waals surface area contributed by atoms with Gasteiger partial charge in [-0.3, -0.25) is 15.1 Å². The molecule has 0 heterocycles. The SMILES string of the molecule is C/C=C(\C)NOCC(C)=O. The van der Waals surface area contributed by atoms with Crippen LogP contribution < -0.4 is 5.48 Å². The van der Waals surface area contributed by atoms with Gasteiger partial charge in [-0.15, -0.1) is 0 Å². The van der Waals surface area contributed by atoms with Crippen LogP contribution in [0.1, 0.15) is 20.8 Å². The lowest BCUT2D eigenvalue weighted by Gasteiger charge is -2.03. The lowest BCUT2D eigenvalue weighted by atomic mass is 10.5. The first-order valence-electron chi connectivity index (χ1n) is 3.17. The molecule has 0 aliphatic rings. The van der Waals surface area contributed by atoms with Crippen molar-refractivity contribution in [2.24, 2.45) is 0 Å². The standard InChI is InChI=1S/C7H13NO2/c1-4-6(2)8-10-5-7(3)9/h4,8H,5H2,1-3H3/b6-4+. The van der Waals surface area contributed by atoms with Gasteiger partial charge < -0.3 is 0 Å². The van der Waals surface area contributed by atoms with Crippen LogP contribution in [0, 0.1) is 0 Å². The minimum Gasteiger partial charge on any atom is -0.297 e. The molecule has 0 unspecified atom stereocenters. The normalized spacial score (nSPS) is 11.3. The van der Waals surface area contributed by atoms with Gasteiger partial charge in [-0.25, -0.2) is 0 Å². The average molecular weight is 143 g/mol. The van der Waals surface area contributed by atoms with Gasteiger partial charge in [-0.2, -0.15) is 0 Å². The van der Waals surface area contributed by atoms with E-state index in [9.17, 15) is 4.79 Å². The van der Waals surface area contributed by atoms with Crippen LogP contribution in [-0.2, 0) is 9.63 Å². The molecule has 0 saturated carbocycles. The Kier molecular flexibility index (Phi) is 4.58. The fourth-order valence-electron chi connectivity index (χ4n) is 0.310. The highest BCUT2D eigenvalue weighted by atomic mass is 16.6. The van der Waals surface area contributed by atoms with Crippen LogP contribution in [0.3, 0.4) is 0 Å². The van der Waals surface area contributed by atoms with Crippen molar-refractivity contribution >= 4 is 5.78 Å². The first-order chi connectivity index (χ1) is 4.66. The van der Waals surface area contributed by atoms with E-state index in [1.165, 1.54) is 6.92 Å². The summed E-state index contributed by atoms with van der Waals surface area (Å²) >= 11 is 0. The first kappa shape index (κ1) is 9.17. The predicted molar refractivity (Wildman–Crippen MR) is 39.2 cm³/mol. The van der Waals surface area contributed by atoms with Crippen molar-refractivity contribution in [3.8, 4) is 0 Å². The van der Waals surface area contributed by atoms with Gasteiger partial charge in [0.15, 0.2) is 5.78 Å². The van der Waals surface area contributed by atoms with E-state index in [-0.39, 0.29) is 12.4 Å². The van der Waals surface area contributed by atoms with Crippen molar-refractivity contribution in [2.45, 2.75) is 20.8 Å². The number of carbonyl (C=O) groups excluding carboxylic acids is 1. The van der Waals surface area contributed by atoms with Gasteiger partial charge in [0.05, 0.1) is 0 Å². The van der Waals surface area contributed by atoms with Crippen LogP contribution in [0.5, 0.6) is 0 Å². The van der Waals surface area contributed by atoms with Crippen molar-refractivity contribution < 1.29 is 9.63 Å². The summed E-state index contributed by atoms with van der Waals surface area (Å²) in [5.74, 6) is 0.0106. The number of allylic oxidation sites excluding steroid dienone is 2. The molecule has 0 spiro atoms. The number of hydrogen-bond donors (Lipinski definition) is 1. The molecule has 0 aromatic carbocycles. The quantitative estimate of drug-likeness (QED) is 0.597. The van der Waals surface area contributed by atoms with E-state index >= 15 is 0 Å². The molecular weight excluding hydrogens is 130 g/mol. The molecule has 0 aromatic heterocycles. The molecule has 3 heteroatoms. The lowest BCUT2D eigenvalue weighted by molar-refractivity contribution is -0.123. The molecule has 0 saturated heterocycles. The summed E-state index contributed by atoms with van der Waals surface area (Å²) < 4.78 is 0. The van der Waals surface area contributed by atoms with Crippen LogP contribution in [-0.4, -0.2) is 12.4 Å². The number of hydrogen-bond acceptors (Lipinski definition) is 3. The van der Waals surface area contributed by atoms with Gasteiger partial charge in [0.25, 0.3) is 0 Å². The minimum atomic E-state index is 0.0106. The van der Waals surface area contributed by atoms with E-state index in [0.717, 1.165) is 5.70 Å². The molecule has 1 N–H and O–H groups in total. The third-order valence-corrected chi connectivity index (χ3v) is 0.942. The molecule has 0 bridgehead atoms. The van der Waals surface area contributed by atoms with E-state index in [4.69, 9.17) is 4.84 Å². The highest BCUT2D eigenvalue weighted by molar-refractivity contribution is 5.76. The first-order valence-corrected chi connectivity index (χ1v) is 3.17. The fraction of sp³-hybridized carbons (Fsp3) is 0.571. The maximum absolute atomic E-state index is 10.3. The lowest BCUT2D eigenvalue weighted by Crippen LogP contribution is -2.16. The number of hydroxylamine groups is 1. The zero-order valence-corrected chi connectivity index (χ0v) is 6.60. The Bertz CT molecular complexity index is 141. The summed E-state index contributed by atoms with van der Waals surface area (Å²) in [5.41, 5.74) is 3.51. The maximum Gasteiger partial charge on any atom is 0.158 e. The van der Waals surface area contributed by atoms with Crippen molar-refractivity contribution in [1.29, 1.82) is 0 Å². The summed E-state index contributed by atoms with van der Waals surface area (Å²) in [7, 11) is 0. The summed E-state index contributed by atoms with van der Waals surface area (Å²) in [5, 5.41) is 0. The molecule has 0 amide bonds. The van der Waals surface area contributed by atoms with E-state index in [1.54, 1.807) is 0 Å². The fourth-order valence-corrected chi connectivity index (χ4v) is 0.310. The Hall–Kier alpha value is -0.830. The van der Waals surface area contributed by atoms with E-state index < -0.39 is 0 Å². The number of rotatable bonds is 4. The molecule has 0 fully saturated rings. The van der Waals surface area contributed by atoms with Crippen LogP contribution in [0.15, 0.2) is 11.8 Å². The molecule has 10 heavy (non-hydrogen) atoms. The molecular formula is C7H13NO2. The summed E-state index contributed by atoms with van der Waals surface area (Å²) in [6, 6.07) is 0. The van der Waals surface area contributed by atoms with Crippen LogP contribution >= 0.6 is 0 Å². The van der Waals surface area contributed by atoms with Crippen molar-refractivity contribution in [3.05, 3.63) is 11.8 Å². The molecule has 3 nitrogen and oxygen atoms in total. The van der Waals surface area contributed by atoms with Gasteiger partial charge in [-0.1, -0.05) is 6.08 Å². The van der Waals surface area contributed by atoms with Gasteiger partial charge in [-0.05, 0) is 20.8 Å². The summed E-state index contributed by atoms with van der Waals surface area (Å²) in [4.78, 5) is 15.1. The zero-order valence-electron chi connectivity index (χ0n) is 6.60. The van der Waals surface area contributed by atoms with Crippen LogP contribution in [0.4, 0.5) is 0 Å². The van der Waals surface area contributed by atoms with Gasteiger partial charge in [0, 0.05) is 5.70 Å². The summed E-state index contributed by atoms with van der Waals surface area (Å²) in [6.45, 7) is 5.34. The largest absolute Gasteiger partial charge is 0.297 e. The predicted octanol–water partition coefficient (Wildman–Crippen LogP) is 1.02. The number of Topliss-reactive ketones (excluding diaryl/α,β-unsaturated/α-hetero) is 1. The van der Waals surface area contributed by atoms with Crippen molar-refractivity contribution in [2.75, 3.05) is 6.61 Å². The molecule has 0 aliphatic heterocycles. The highest BCUT2D eigenvalue weighted by Crippen LogP contribution is 1.83. The van der Waals surface area contributed by atoms with E-state index in [0.29, 0.717) is 0 Å².